The summed E-state index contributed by atoms with van der Waals surface area (Å²) in [5, 5.41) is 12.0. The third-order valence-electron chi connectivity index (χ3n) is 12.3. The fourth-order valence-electron chi connectivity index (χ4n) is 9.03. The maximum atomic E-state index is 14.7. The lowest BCUT2D eigenvalue weighted by Crippen LogP contribution is -2.12. The fraction of sp³-hybridized carbons (Fsp3) is 0.0339. The van der Waals surface area contributed by atoms with E-state index in [9.17, 15) is 31.6 Å². The molecule has 342 valence electrons. The molecule has 3 heterocycles. The van der Waals surface area contributed by atoms with E-state index in [1.807, 2.05) is 156 Å². The average molecular weight is 941 g/mol. The summed E-state index contributed by atoms with van der Waals surface area (Å²) in [6.45, 7) is 0. The van der Waals surface area contributed by atoms with Crippen molar-refractivity contribution in [1.82, 2.24) is 24.5 Å². The van der Waals surface area contributed by atoms with Crippen LogP contribution in [0.4, 0.5) is 26.3 Å². The molecule has 0 spiro atoms. The monoisotopic (exact) mass is 940 g/mol. The zero-order valence-corrected chi connectivity index (χ0v) is 37.1. The largest absolute Gasteiger partial charge is 0.417 e. The molecule has 0 aliphatic carbocycles. The van der Waals surface area contributed by atoms with E-state index in [0.29, 0.717) is 67.5 Å². The smallest absolute Gasteiger partial charge is 0.308 e. The number of para-hydroxylation sites is 1. The second-order valence-corrected chi connectivity index (χ2v) is 16.8. The van der Waals surface area contributed by atoms with Crippen LogP contribution in [0.15, 0.2) is 206 Å². The number of nitrogens with zero attached hydrogens (tertiary/aromatic N) is 6. The van der Waals surface area contributed by atoms with Crippen LogP contribution < -0.4 is 0 Å². The Morgan fingerprint density at radius 2 is 0.817 bits per heavy atom. The highest BCUT2D eigenvalue weighted by Crippen LogP contribution is 2.46. The normalized spacial score (nSPS) is 11.8. The predicted octanol–water partition coefficient (Wildman–Crippen LogP) is 15.9. The van der Waals surface area contributed by atoms with Gasteiger partial charge < -0.3 is 4.57 Å². The van der Waals surface area contributed by atoms with Gasteiger partial charge in [0.15, 0.2) is 11.6 Å². The second-order valence-electron chi connectivity index (χ2n) is 16.8. The maximum absolute atomic E-state index is 14.7. The molecule has 11 rings (SSSR count). The maximum Gasteiger partial charge on any atom is 0.417 e. The van der Waals surface area contributed by atoms with Crippen molar-refractivity contribution in [3.05, 3.63) is 223 Å². The van der Waals surface area contributed by atoms with E-state index in [0.717, 1.165) is 28.3 Å². The van der Waals surface area contributed by atoms with E-state index in [-0.39, 0.29) is 28.8 Å². The van der Waals surface area contributed by atoms with Crippen molar-refractivity contribution in [2.75, 3.05) is 0 Å². The molecule has 0 fully saturated rings. The van der Waals surface area contributed by atoms with Crippen LogP contribution in [0.1, 0.15) is 16.7 Å². The van der Waals surface area contributed by atoms with Gasteiger partial charge in [-0.2, -0.15) is 31.6 Å². The van der Waals surface area contributed by atoms with Crippen LogP contribution in [0, 0.1) is 11.3 Å². The Labute approximate surface area is 402 Å². The van der Waals surface area contributed by atoms with Crippen molar-refractivity contribution < 1.29 is 26.3 Å². The molecule has 0 radical (unpaired) electrons. The van der Waals surface area contributed by atoms with Gasteiger partial charge in [-0.1, -0.05) is 152 Å². The number of alkyl halides is 6. The minimum Gasteiger partial charge on any atom is -0.308 e. The van der Waals surface area contributed by atoms with E-state index >= 15 is 0 Å². The molecule has 0 aliphatic rings. The zero-order valence-electron chi connectivity index (χ0n) is 37.1. The summed E-state index contributed by atoms with van der Waals surface area (Å²) >= 11 is 0. The van der Waals surface area contributed by atoms with Gasteiger partial charge in [-0.15, -0.1) is 0 Å². The van der Waals surface area contributed by atoms with Crippen LogP contribution in [-0.4, -0.2) is 24.5 Å². The Morgan fingerprint density at radius 3 is 1.25 bits per heavy atom. The topological polar surface area (TPSA) is 80.3 Å². The van der Waals surface area contributed by atoms with Gasteiger partial charge in [-0.3, -0.25) is 0 Å². The highest BCUT2D eigenvalue weighted by atomic mass is 19.4. The van der Waals surface area contributed by atoms with Gasteiger partial charge in [0.25, 0.3) is 0 Å². The predicted molar refractivity (Wildman–Crippen MR) is 265 cm³/mol. The SMILES string of the molecule is N#Cc1cc(-c2nc(-c3ccccc3)cc(-c3ccccc3)n2)c(-n2c3ccccc3c3cc(-c4ccc(C(F)(F)F)cc4C(F)(F)F)ccc32)c(-c2nc(-c3ccccc3)cc(-c3ccccc3)n2)c1. The number of benzene rings is 8. The molecule has 0 bridgehead atoms. The van der Waals surface area contributed by atoms with Crippen LogP contribution in [0.25, 0.3) is 106 Å². The van der Waals surface area contributed by atoms with Crippen molar-refractivity contribution in [2.45, 2.75) is 12.4 Å². The summed E-state index contributed by atoms with van der Waals surface area (Å²) < 4.78 is 87.5. The number of hydrogen-bond acceptors (Lipinski definition) is 5. The van der Waals surface area contributed by atoms with Crippen molar-refractivity contribution >= 4 is 21.8 Å². The molecule has 0 unspecified atom stereocenters. The first-order chi connectivity index (χ1) is 34.4. The zero-order chi connectivity index (χ0) is 48.9. The van der Waals surface area contributed by atoms with Gasteiger partial charge in [-0.25, -0.2) is 19.9 Å². The molecular weight excluding hydrogens is 907 g/mol. The van der Waals surface area contributed by atoms with E-state index in [1.165, 1.54) is 6.07 Å². The highest BCUT2D eigenvalue weighted by molar-refractivity contribution is 6.11. The van der Waals surface area contributed by atoms with Gasteiger partial charge in [0.2, 0.25) is 0 Å². The quantitative estimate of drug-likeness (QED) is 0.142. The Hall–Kier alpha value is -9.21. The molecule has 11 aromatic rings. The van der Waals surface area contributed by atoms with Crippen molar-refractivity contribution in [2.24, 2.45) is 0 Å². The first-order valence-corrected chi connectivity index (χ1v) is 22.3. The van der Waals surface area contributed by atoms with Crippen molar-refractivity contribution in [3.63, 3.8) is 0 Å². The van der Waals surface area contributed by atoms with Gasteiger partial charge in [0, 0.05) is 44.2 Å². The van der Waals surface area contributed by atoms with Crippen LogP contribution in [0.2, 0.25) is 0 Å². The van der Waals surface area contributed by atoms with E-state index in [1.54, 1.807) is 30.3 Å². The Morgan fingerprint density at radius 1 is 0.380 bits per heavy atom. The van der Waals surface area contributed by atoms with Crippen LogP contribution in [-0.2, 0) is 12.4 Å². The molecule has 3 aromatic heterocycles. The first kappa shape index (κ1) is 44.3. The lowest BCUT2D eigenvalue weighted by molar-refractivity contribution is -0.142. The van der Waals surface area contributed by atoms with E-state index in [2.05, 4.69) is 6.07 Å². The minimum absolute atomic E-state index is 0.0551. The number of rotatable bonds is 8. The van der Waals surface area contributed by atoms with Crippen LogP contribution in [0.5, 0.6) is 0 Å². The molecule has 12 heteroatoms. The average Bonchev–Trinajstić information content (AvgIpc) is 3.73. The molecule has 0 N–H and O–H groups in total. The standard InChI is InChI=1S/C59H34F6N6/c60-58(61,62)42-26-27-43(48(32-42)59(63,64)65)41-25-28-54-45(31-41)44-23-13-14-24-53(44)71(54)55-46(56-67-49(37-15-5-1-6-16-37)33-50(68-56)38-17-7-2-8-18-38)29-36(35-66)30-47(55)57-69-51(39-19-9-3-10-20-39)34-52(70-57)40-21-11-4-12-22-40/h1-34H. The molecule has 0 saturated carbocycles. The van der Waals surface area contributed by atoms with E-state index < -0.39 is 29.0 Å². The molecule has 6 nitrogen and oxygen atoms in total. The molecular formula is C59H34F6N6. The molecule has 0 aliphatic heterocycles. The molecule has 0 saturated heterocycles. The fourth-order valence-corrected chi connectivity index (χ4v) is 9.03. The Balaban J connectivity index is 1.26. The van der Waals surface area contributed by atoms with E-state index in [4.69, 9.17) is 19.9 Å². The molecule has 0 amide bonds. The third kappa shape index (κ3) is 8.44. The summed E-state index contributed by atoms with van der Waals surface area (Å²) in [6.07, 6.45) is -10.1. The lowest BCUT2D eigenvalue weighted by Gasteiger charge is -2.20. The van der Waals surface area contributed by atoms with Gasteiger partial charge in [0.05, 0.1) is 62.3 Å². The van der Waals surface area contributed by atoms with Crippen molar-refractivity contribution in [1.29, 1.82) is 5.26 Å². The molecule has 71 heavy (non-hydrogen) atoms. The number of nitriles is 1. The van der Waals surface area contributed by atoms with Gasteiger partial charge in [0.1, 0.15) is 0 Å². The molecule has 8 aromatic carbocycles. The number of fused-ring (bicyclic) bond motifs is 3. The minimum atomic E-state index is -5.11. The first-order valence-electron chi connectivity index (χ1n) is 22.3. The third-order valence-corrected chi connectivity index (χ3v) is 12.3. The Bertz CT molecular complexity index is 3580. The summed E-state index contributed by atoms with van der Waals surface area (Å²) in [5.74, 6) is 0.506. The summed E-state index contributed by atoms with van der Waals surface area (Å²) in [4.78, 5) is 20.9. The summed E-state index contributed by atoms with van der Waals surface area (Å²) in [7, 11) is 0. The van der Waals surface area contributed by atoms with Crippen LogP contribution >= 0.6 is 0 Å². The van der Waals surface area contributed by atoms with Gasteiger partial charge in [-0.05, 0) is 65.7 Å². The number of halogens is 6. The molecule has 0 atom stereocenters. The van der Waals surface area contributed by atoms with Crippen molar-refractivity contribution in [3.8, 4) is 90.7 Å². The highest BCUT2D eigenvalue weighted by Gasteiger charge is 2.38. The second kappa shape index (κ2) is 17.7. The summed E-state index contributed by atoms with van der Waals surface area (Å²) in [6, 6.07) is 61.8. The summed E-state index contributed by atoms with van der Waals surface area (Å²) in [5.41, 5.74) is 5.12. The number of hydrogen-bond donors (Lipinski definition) is 0. The van der Waals surface area contributed by atoms with Crippen LogP contribution in [0.3, 0.4) is 0 Å². The lowest BCUT2D eigenvalue weighted by atomic mass is 9.95. The Kier molecular flexibility index (Phi) is 11.0. The number of aromatic nitrogens is 5. The van der Waals surface area contributed by atoms with Gasteiger partial charge >= 0.3 is 12.4 Å².